The van der Waals surface area contributed by atoms with E-state index in [2.05, 4.69) is 20.1 Å². The Bertz CT molecular complexity index is 1140. The van der Waals surface area contributed by atoms with Gasteiger partial charge < -0.3 is 5.11 Å². The van der Waals surface area contributed by atoms with E-state index in [1.165, 1.54) is 16.9 Å². The van der Waals surface area contributed by atoms with Crippen molar-refractivity contribution in [3.8, 4) is 17.1 Å². The van der Waals surface area contributed by atoms with Gasteiger partial charge in [-0.1, -0.05) is 37.5 Å². The molecular formula is C20H21N5O4S. The highest BCUT2D eigenvalue weighted by molar-refractivity contribution is 7.89. The van der Waals surface area contributed by atoms with Crippen molar-refractivity contribution in [2.75, 3.05) is 0 Å². The third-order valence-electron chi connectivity index (χ3n) is 5.27. The number of benzene rings is 2. The predicted octanol–water partition coefficient (Wildman–Crippen LogP) is 2.40. The fourth-order valence-electron chi connectivity index (χ4n) is 3.61. The number of sulfonamides is 1. The van der Waals surface area contributed by atoms with Crippen LogP contribution in [0.4, 0.5) is 0 Å². The first-order valence-electron chi connectivity index (χ1n) is 9.63. The van der Waals surface area contributed by atoms with Crippen molar-refractivity contribution in [1.29, 1.82) is 0 Å². The van der Waals surface area contributed by atoms with Crippen LogP contribution in [0.5, 0.6) is 0 Å². The first-order chi connectivity index (χ1) is 14.4. The van der Waals surface area contributed by atoms with Crippen LogP contribution in [0.25, 0.3) is 17.1 Å². The van der Waals surface area contributed by atoms with Gasteiger partial charge in [0.2, 0.25) is 15.8 Å². The van der Waals surface area contributed by atoms with Crippen LogP contribution in [0.1, 0.15) is 32.1 Å². The van der Waals surface area contributed by atoms with Gasteiger partial charge in [-0.2, -0.15) is 4.72 Å². The van der Waals surface area contributed by atoms with Gasteiger partial charge in [-0.3, -0.25) is 4.79 Å². The summed E-state index contributed by atoms with van der Waals surface area (Å²) in [6, 6.07) is 15.3. The molecule has 0 unspecified atom stereocenters. The van der Waals surface area contributed by atoms with E-state index in [-0.39, 0.29) is 17.7 Å². The Morgan fingerprint density at radius 2 is 1.67 bits per heavy atom. The molecule has 30 heavy (non-hydrogen) atoms. The van der Waals surface area contributed by atoms with Gasteiger partial charge in [0.15, 0.2) is 0 Å². The van der Waals surface area contributed by atoms with Crippen molar-refractivity contribution in [1.82, 2.24) is 24.9 Å². The largest absolute Gasteiger partial charge is 0.480 e. The van der Waals surface area contributed by atoms with Crippen LogP contribution >= 0.6 is 0 Å². The minimum absolute atomic E-state index is 0.00657. The Kier molecular flexibility index (Phi) is 5.35. The number of carboxylic acid groups (broad SMARTS) is 1. The lowest BCUT2D eigenvalue weighted by atomic mass is 9.83. The third-order valence-corrected chi connectivity index (χ3v) is 6.82. The molecule has 1 aromatic heterocycles. The Morgan fingerprint density at radius 1 is 1.00 bits per heavy atom. The molecule has 0 aliphatic heterocycles. The van der Waals surface area contributed by atoms with Crippen molar-refractivity contribution >= 4 is 16.0 Å². The second-order valence-corrected chi connectivity index (χ2v) is 9.00. The number of hydrogen-bond donors (Lipinski definition) is 2. The third kappa shape index (κ3) is 3.96. The highest BCUT2D eigenvalue weighted by Crippen LogP contribution is 2.30. The van der Waals surface area contributed by atoms with Crippen LogP contribution < -0.4 is 4.72 Å². The van der Waals surface area contributed by atoms with Crippen molar-refractivity contribution in [2.24, 2.45) is 0 Å². The Morgan fingerprint density at radius 3 is 2.30 bits per heavy atom. The van der Waals surface area contributed by atoms with E-state index in [4.69, 9.17) is 0 Å². The summed E-state index contributed by atoms with van der Waals surface area (Å²) in [7, 11) is -3.99. The molecule has 0 radical (unpaired) electrons. The molecule has 2 aromatic carbocycles. The number of carboxylic acids is 1. The molecular weight excluding hydrogens is 406 g/mol. The monoisotopic (exact) mass is 427 g/mol. The fourth-order valence-corrected chi connectivity index (χ4v) is 5.03. The van der Waals surface area contributed by atoms with Gasteiger partial charge in [-0.15, -0.1) is 15.0 Å². The number of tetrazole rings is 1. The van der Waals surface area contributed by atoms with Crippen LogP contribution in [-0.2, 0) is 14.8 Å². The zero-order valence-corrected chi connectivity index (χ0v) is 16.9. The van der Waals surface area contributed by atoms with E-state index in [9.17, 15) is 18.3 Å². The normalized spacial score (nSPS) is 16.3. The quantitative estimate of drug-likeness (QED) is 0.618. The van der Waals surface area contributed by atoms with Crippen molar-refractivity contribution in [3.63, 3.8) is 0 Å². The zero-order chi connectivity index (χ0) is 21.2. The molecule has 0 saturated heterocycles. The Balaban J connectivity index is 1.56. The number of nitrogens with one attached hydrogen (secondary N) is 1. The maximum Gasteiger partial charge on any atom is 0.324 e. The number of hydrogen-bond acceptors (Lipinski definition) is 6. The first-order valence-corrected chi connectivity index (χ1v) is 11.1. The molecule has 0 bridgehead atoms. The predicted molar refractivity (Wildman–Crippen MR) is 108 cm³/mol. The molecule has 3 aromatic rings. The topological polar surface area (TPSA) is 127 Å². The minimum Gasteiger partial charge on any atom is -0.480 e. The SMILES string of the molecule is O=C(O)C1(NS(=O)(=O)c2ccc(-c3nnn(-c4ccccc4)n3)cc2)CCCCC1. The van der Waals surface area contributed by atoms with E-state index < -0.39 is 21.5 Å². The molecule has 1 aliphatic carbocycles. The average molecular weight is 427 g/mol. The summed E-state index contributed by atoms with van der Waals surface area (Å²) >= 11 is 0. The van der Waals surface area contributed by atoms with Gasteiger partial charge in [0.25, 0.3) is 0 Å². The minimum atomic E-state index is -3.99. The van der Waals surface area contributed by atoms with Crippen LogP contribution in [0, 0.1) is 0 Å². The van der Waals surface area contributed by atoms with Gasteiger partial charge in [0.1, 0.15) is 5.54 Å². The second-order valence-electron chi connectivity index (χ2n) is 7.32. The number of carbonyl (C=O) groups is 1. The van der Waals surface area contributed by atoms with E-state index in [0.29, 0.717) is 24.2 Å². The number of aromatic nitrogens is 4. The molecule has 0 spiro atoms. The molecule has 2 N–H and O–H groups in total. The second kappa shape index (κ2) is 7.96. The number of nitrogens with zero attached hydrogens (tertiary/aromatic N) is 4. The summed E-state index contributed by atoms with van der Waals surface area (Å²) in [5.41, 5.74) is -0.0942. The van der Waals surface area contributed by atoms with E-state index in [1.54, 1.807) is 12.1 Å². The highest BCUT2D eigenvalue weighted by atomic mass is 32.2. The summed E-state index contributed by atoms with van der Waals surface area (Å²) in [5, 5.41) is 22.0. The van der Waals surface area contributed by atoms with E-state index in [1.807, 2.05) is 30.3 Å². The number of para-hydroxylation sites is 1. The van der Waals surface area contributed by atoms with E-state index in [0.717, 1.165) is 12.1 Å². The van der Waals surface area contributed by atoms with Crippen molar-refractivity contribution < 1.29 is 18.3 Å². The maximum atomic E-state index is 12.8. The molecule has 1 heterocycles. The Labute approximate surface area is 173 Å². The van der Waals surface area contributed by atoms with Crippen LogP contribution in [0.3, 0.4) is 0 Å². The van der Waals surface area contributed by atoms with Gasteiger partial charge in [0, 0.05) is 5.56 Å². The van der Waals surface area contributed by atoms with Gasteiger partial charge in [0.05, 0.1) is 10.6 Å². The number of aliphatic carboxylic acids is 1. The van der Waals surface area contributed by atoms with Crippen LogP contribution in [-0.4, -0.2) is 45.2 Å². The van der Waals surface area contributed by atoms with Crippen LogP contribution in [0.15, 0.2) is 59.5 Å². The van der Waals surface area contributed by atoms with E-state index >= 15 is 0 Å². The lowest BCUT2D eigenvalue weighted by Gasteiger charge is -2.33. The summed E-state index contributed by atoms with van der Waals surface area (Å²) in [6.07, 6.45) is 2.83. The summed E-state index contributed by atoms with van der Waals surface area (Å²) in [5.74, 6) is -0.783. The number of rotatable bonds is 6. The molecule has 10 heteroatoms. The lowest BCUT2D eigenvalue weighted by Crippen LogP contribution is -2.55. The molecule has 1 fully saturated rings. The molecule has 0 atom stereocenters. The first kappa shape index (κ1) is 20.2. The van der Waals surface area contributed by atoms with Crippen molar-refractivity contribution in [3.05, 3.63) is 54.6 Å². The molecule has 156 valence electrons. The molecule has 4 rings (SSSR count). The summed E-state index contributed by atoms with van der Waals surface area (Å²) < 4.78 is 28.1. The summed E-state index contributed by atoms with van der Waals surface area (Å²) in [4.78, 5) is 13.2. The van der Waals surface area contributed by atoms with Gasteiger partial charge in [-0.25, -0.2) is 8.42 Å². The summed E-state index contributed by atoms with van der Waals surface area (Å²) in [6.45, 7) is 0. The highest BCUT2D eigenvalue weighted by Gasteiger charge is 2.43. The Hall–Kier alpha value is -3.11. The van der Waals surface area contributed by atoms with Crippen molar-refractivity contribution in [2.45, 2.75) is 42.5 Å². The smallest absolute Gasteiger partial charge is 0.324 e. The zero-order valence-electron chi connectivity index (χ0n) is 16.1. The lowest BCUT2D eigenvalue weighted by molar-refractivity contribution is -0.145. The maximum absolute atomic E-state index is 12.8. The fraction of sp³-hybridized carbons (Fsp3) is 0.300. The van der Waals surface area contributed by atoms with Gasteiger partial charge in [-0.05, 0) is 54.5 Å². The standard InChI is InChI=1S/C20H21N5O4S/c26-19(27)20(13-5-2-6-14-20)23-30(28,29)17-11-9-15(10-12-17)18-21-24-25(22-18)16-7-3-1-4-8-16/h1,3-4,7-12,23H,2,5-6,13-14H2,(H,26,27). The molecule has 0 amide bonds. The molecule has 1 aliphatic rings. The molecule has 1 saturated carbocycles. The van der Waals surface area contributed by atoms with Gasteiger partial charge >= 0.3 is 5.97 Å². The molecule has 9 nitrogen and oxygen atoms in total. The van der Waals surface area contributed by atoms with Crippen LogP contribution in [0.2, 0.25) is 0 Å². The average Bonchev–Trinajstić information content (AvgIpc) is 3.25.